The fourth-order valence-corrected chi connectivity index (χ4v) is 3.45. The van der Waals surface area contributed by atoms with Crippen LogP contribution in [0.15, 0.2) is 18.3 Å². The molecule has 0 spiro atoms. The summed E-state index contributed by atoms with van der Waals surface area (Å²) < 4.78 is 2.05. The van der Waals surface area contributed by atoms with E-state index in [1.165, 1.54) is 16.5 Å². The Hall–Kier alpha value is -0.590. The lowest BCUT2D eigenvalue weighted by atomic mass is 10.0. The molecule has 88 valence electrons. The minimum absolute atomic E-state index is 0.643. The topological polar surface area (TPSA) is 17.8 Å². The van der Waals surface area contributed by atoms with Crippen molar-refractivity contribution in [2.45, 2.75) is 26.7 Å². The Balaban J connectivity index is 2.65. The molecular weight excluding hydrogens is 342 g/mol. The van der Waals surface area contributed by atoms with Crippen molar-refractivity contribution in [1.29, 1.82) is 0 Å². The van der Waals surface area contributed by atoms with Crippen molar-refractivity contribution in [2.24, 2.45) is 0 Å². The van der Waals surface area contributed by atoms with Crippen LogP contribution < -0.4 is 0 Å². The Labute approximate surface area is 116 Å². The van der Waals surface area contributed by atoms with Crippen molar-refractivity contribution in [1.82, 2.24) is 9.55 Å². The predicted molar refractivity (Wildman–Crippen MR) is 84.0 cm³/mol. The zero-order valence-electron chi connectivity index (χ0n) is 9.92. The quantitative estimate of drug-likeness (QED) is 0.449. The minimum Gasteiger partial charge on any atom is -0.237 e. The highest BCUT2D eigenvalue weighted by Gasteiger charge is 2.08. The fraction of sp³-hybridized carbons (Fsp3) is 0.308. The van der Waals surface area contributed by atoms with Crippen LogP contribution in [0.25, 0.3) is 10.9 Å². The Bertz CT molecular complexity index is 592. The minimum atomic E-state index is 0.643. The first-order valence-corrected chi connectivity index (χ1v) is 9.73. The van der Waals surface area contributed by atoms with Crippen molar-refractivity contribution in [3.8, 4) is 11.8 Å². The summed E-state index contributed by atoms with van der Waals surface area (Å²) in [5, 5.41) is 5.67. The van der Waals surface area contributed by atoms with Crippen LogP contribution in [0.3, 0.4) is 0 Å². The summed E-state index contributed by atoms with van der Waals surface area (Å²) in [6.45, 7) is 4.25. The van der Waals surface area contributed by atoms with Gasteiger partial charge < -0.3 is 0 Å². The van der Waals surface area contributed by atoms with Gasteiger partial charge in [-0.05, 0) is 46.2 Å². The second kappa shape index (κ2) is 5.84. The summed E-state index contributed by atoms with van der Waals surface area (Å²) in [5.41, 5.74) is 3.69. The van der Waals surface area contributed by atoms with E-state index in [1.54, 1.807) is 0 Å². The predicted octanol–water partition coefficient (Wildman–Crippen LogP) is 4.15. The molecule has 2 aromatic rings. The molecule has 1 aromatic heterocycles. The first kappa shape index (κ1) is 12.9. The summed E-state index contributed by atoms with van der Waals surface area (Å²) in [5.74, 6) is 6.39. The van der Waals surface area contributed by atoms with Gasteiger partial charge in [0.1, 0.15) is 0 Å². The summed E-state index contributed by atoms with van der Waals surface area (Å²) >= 11 is 2.35. The van der Waals surface area contributed by atoms with Gasteiger partial charge in [-0.1, -0.05) is 25.7 Å². The van der Waals surface area contributed by atoms with Crippen LogP contribution in [0, 0.1) is 11.8 Å². The number of aromatic nitrogens is 2. The molecule has 4 heteroatoms. The van der Waals surface area contributed by atoms with Crippen LogP contribution >= 0.6 is 28.4 Å². The van der Waals surface area contributed by atoms with Gasteiger partial charge in [0, 0.05) is 17.4 Å². The van der Waals surface area contributed by atoms with E-state index < -0.39 is 0 Å². The van der Waals surface area contributed by atoms with Gasteiger partial charge in [-0.2, -0.15) is 5.10 Å². The smallest absolute Gasteiger partial charge is 0.0733 e. The lowest BCUT2D eigenvalue weighted by Crippen LogP contribution is -1.90. The summed E-state index contributed by atoms with van der Waals surface area (Å²) in [6, 6.07) is 4.26. The molecule has 0 N–H and O–H groups in total. The molecule has 17 heavy (non-hydrogen) atoms. The lowest BCUT2D eigenvalue weighted by Gasteiger charge is -2.04. The Kier molecular flexibility index (Phi) is 4.42. The molecule has 0 radical (unpaired) electrons. The Morgan fingerprint density at radius 1 is 1.41 bits per heavy atom. The van der Waals surface area contributed by atoms with Crippen molar-refractivity contribution in [3.63, 3.8) is 0 Å². The second-order valence-corrected chi connectivity index (χ2v) is 5.71. The van der Waals surface area contributed by atoms with Gasteiger partial charge in [0.05, 0.1) is 18.1 Å². The first-order valence-electron chi connectivity index (χ1n) is 5.67. The van der Waals surface area contributed by atoms with E-state index in [9.17, 15) is 0 Å². The van der Waals surface area contributed by atoms with Crippen LogP contribution in [0.4, 0.5) is 0 Å². The van der Waals surface area contributed by atoms with E-state index in [2.05, 4.69) is 65.0 Å². The molecule has 2 rings (SSSR count). The lowest BCUT2D eigenvalue weighted by molar-refractivity contribution is 1.04. The van der Waals surface area contributed by atoms with Crippen molar-refractivity contribution in [2.75, 3.05) is 0 Å². The molecule has 0 aliphatic rings. The van der Waals surface area contributed by atoms with E-state index >= 15 is 0 Å². The molecule has 0 saturated carbocycles. The molecule has 1 unspecified atom stereocenters. The molecule has 0 amide bonds. The molecule has 0 aliphatic heterocycles. The number of fused-ring (bicyclic) bond motifs is 1. The van der Waals surface area contributed by atoms with Crippen LogP contribution in [0.1, 0.15) is 31.4 Å². The maximum Gasteiger partial charge on any atom is 0.0733 e. The standard InChI is InChI=1S/C13H14IN2P/c1-3-5-6-10-7-8-13-12(11(10)4-2)9-15-16(13)17-14/h7-9,17H,3-4H2,1-2H3. The third-order valence-corrected chi connectivity index (χ3v) is 4.59. The number of hydrogen-bond acceptors (Lipinski definition) is 1. The first-order chi connectivity index (χ1) is 8.31. The molecule has 0 fully saturated rings. The second-order valence-electron chi connectivity index (χ2n) is 3.67. The van der Waals surface area contributed by atoms with Crippen LogP contribution in [0.5, 0.6) is 0 Å². The highest BCUT2D eigenvalue weighted by molar-refractivity contribution is 14.2. The fourth-order valence-electron chi connectivity index (χ4n) is 1.91. The summed E-state index contributed by atoms with van der Waals surface area (Å²) in [4.78, 5) is 0. The third kappa shape index (κ3) is 2.48. The number of benzene rings is 1. The van der Waals surface area contributed by atoms with E-state index in [4.69, 9.17) is 0 Å². The van der Waals surface area contributed by atoms with Gasteiger partial charge in [0.2, 0.25) is 0 Å². The summed E-state index contributed by atoms with van der Waals surface area (Å²) in [6.07, 6.45) is 4.51. The third-order valence-electron chi connectivity index (χ3n) is 2.70. The number of nitrogens with zero attached hydrogens (tertiary/aromatic N) is 2. The highest BCUT2D eigenvalue weighted by atomic mass is 127. The van der Waals surface area contributed by atoms with Gasteiger partial charge >= 0.3 is 0 Å². The van der Waals surface area contributed by atoms with E-state index in [0.717, 1.165) is 18.4 Å². The zero-order chi connectivity index (χ0) is 12.3. The van der Waals surface area contributed by atoms with Crippen LogP contribution in [-0.4, -0.2) is 9.55 Å². The SMILES string of the molecule is CCC#Cc1ccc2c(cnn2PI)c1CC. The van der Waals surface area contributed by atoms with Gasteiger partial charge in [0.15, 0.2) is 0 Å². The van der Waals surface area contributed by atoms with E-state index in [0.29, 0.717) is 6.37 Å². The number of aryl methyl sites for hydroxylation is 1. The average Bonchev–Trinajstić information content (AvgIpc) is 2.78. The van der Waals surface area contributed by atoms with Crippen LogP contribution in [-0.2, 0) is 6.42 Å². The molecule has 1 heterocycles. The zero-order valence-corrected chi connectivity index (χ0v) is 13.1. The van der Waals surface area contributed by atoms with E-state index in [1.807, 2.05) is 10.6 Å². The van der Waals surface area contributed by atoms with Crippen molar-refractivity contribution < 1.29 is 0 Å². The van der Waals surface area contributed by atoms with Crippen molar-refractivity contribution in [3.05, 3.63) is 29.5 Å². The number of hydrogen-bond donors (Lipinski definition) is 0. The average molecular weight is 356 g/mol. The molecule has 0 aliphatic carbocycles. The van der Waals surface area contributed by atoms with Gasteiger partial charge in [-0.3, -0.25) is 0 Å². The van der Waals surface area contributed by atoms with E-state index in [-0.39, 0.29) is 0 Å². The molecule has 2 nitrogen and oxygen atoms in total. The van der Waals surface area contributed by atoms with Gasteiger partial charge in [0.25, 0.3) is 0 Å². The maximum absolute atomic E-state index is 4.42. The highest BCUT2D eigenvalue weighted by Crippen LogP contribution is 2.30. The maximum atomic E-state index is 4.42. The molecular formula is C13H14IN2P. The normalized spacial score (nSPS) is 11.0. The van der Waals surface area contributed by atoms with Crippen molar-refractivity contribution >= 4 is 39.3 Å². The van der Waals surface area contributed by atoms with Crippen LogP contribution in [0.2, 0.25) is 0 Å². The molecule has 0 bridgehead atoms. The number of rotatable bonds is 2. The largest absolute Gasteiger partial charge is 0.237 e. The molecule has 1 aromatic carbocycles. The summed E-state index contributed by atoms with van der Waals surface area (Å²) in [7, 11) is 0. The Morgan fingerprint density at radius 3 is 2.88 bits per heavy atom. The molecule has 1 atom stereocenters. The number of halogens is 1. The van der Waals surface area contributed by atoms with Gasteiger partial charge in [-0.15, -0.1) is 0 Å². The Morgan fingerprint density at radius 2 is 2.24 bits per heavy atom. The monoisotopic (exact) mass is 356 g/mol. The van der Waals surface area contributed by atoms with Gasteiger partial charge in [-0.25, -0.2) is 4.45 Å². The molecule has 0 saturated heterocycles.